The van der Waals surface area contributed by atoms with Gasteiger partial charge in [-0.1, -0.05) is 6.07 Å². The van der Waals surface area contributed by atoms with Crippen LogP contribution < -0.4 is 0 Å². The zero-order valence-electron chi connectivity index (χ0n) is 12.4. The molecule has 3 heterocycles. The van der Waals surface area contributed by atoms with Crippen LogP contribution in [-0.4, -0.2) is 67.3 Å². The molecule has 0 saturated carbocycles. The minimum absolute atomic E-state index is 0.0962. The Balaban J connectivity index is 1.69. The molecule has 3 rings (SSSR count). The summed E-state index contributed by atoms with van der Waals surface area (Å²) in [7, 11) is 0. The summed E-state index contributed by atoms with van der Waals surface area (Å²) in [5.41, 5.74) is -0.377. The summed E-state index contributed by atoms with van der Waals surface area (Å²) in [4.78, 5) is 17.3. The summed E-state index contributed by atoms with van der Waals surface area (Å²) in [5, 5.41) is 2.11. The average molecular weight is 310 g/mol. The number of hydrogen-bond donors (Lipinski definition) is 0. The predicted octanol–water partition coefficient (Wildman–Crippen LogP) is 1.20. The first-order valence-electron chi connectivity index (χ1n) is 7.39. The normalized spacial score (nSPS) is 27.8. The van der Waals surface area contributed by atoms with Crippen LogP contribution in [0.25, 0.3) is 0 Å². The molecule has 2 aliphatic rings. The maximum absolute atomic E-state index is 11.7. The first-order valence-corrected chi connectivity index (χ1v) is 8.27. The van der Waals surface area contributed by atoms with E-state index >= 15 is 0 Å². The Morgan fingerprint density at radius 1 is 1.38 bits per heavy atom. The number of ether oxygens (including phenoxy) is 2. The fourth-order valence-corrected chi connectivity index (χ4v) is 3.78. The molecule has 1 unspecified atom stereocenters. The van der Waals surface area contributed by atoms with Crippen molar-refractivity contribution in [3.8, 4) is 0 Å². The van der Waals surface area contributed by atoms with Crippen LogP contribution in [0.4, 0.5) is 0 Å². The molecule has 1 amide bonds. The number of morpholine rings is 1. The Morgan fingerprint density at radius 3 is 3.05 bits per heavy atom. The zero-order chi connectivity index (χ0) is 14.7. The summed E-state index contributed by atoms with van der Waals surface area (Å²) in [6.45, 7) is 7.45. The molecule has 1 aromatic rings. The second-order valence-electron chi connectivity index (χ2n) is 5.81. The molecule has 0 aliphatic carbocycles. The van der Waals surface area contributed by atoms with Crippen LogP contribution in [0.15, 0.2) is 17.5 Å². The van der Waals surface area contributed by atoms with E-state index in [0.29, 0.717) is 32.9 Å². The van der Waals surface area contributed by atoms with E-state index in [4.69, 9.17) is 9.47 Å². The number of amides is 1. The highest BCUT2D eigenvalue weighted by molar-refractivity contribution is 7.09. The van der Waals surface area contributed by atoms with Gasteiger partial charge < -0.3 is 14.4 Å². The fraction of sp³-hybridized carbons (Fsp3) is 0.667. The molecule has 0 bridgehead atoms. The molecule has 2 saturated heterocycles. The Bertz CT molecular complexity index is 479. The topological polar surface area (TPSA) is 42.0 Å². The summed E-state index contributed by atoms with van der Waals surface area (Å²) < 4.78 is 11.8. The van der Waals surface area contributed by atoms with E-state index in [0.717, 1.165) is 19.6 Å². The summed E-state index contributed by atoms with van der Waals surface area (Å²) in [5.74, 6) is 0.0962. The molecule has 21 heavy (non-hydrogen) atoms. The van der Waals surface area contributed by atoms with E-state index in [1.165, 1.54) is 4.88 Å². The molecule has 116 valence electrons. The average Bonchev–Trinajstić information content (AvgIpc) is 2.87. The third kappa shape index (κ3) is 3.63. The van der Waals surface area contributed by atoms with Crippen molar-refractivity contribution < 1.29 is 14.3 Å². The van der Waals surface area contributed by atoms with Crippen LogP contribution in [-0.2, 0) is 20.8 Å². The quantitative estimate of drug-likeness (QED) is 0.823. The number of carbonyl (C=O) groups excluding carboxylic acids is 1. The Labute approximate surface area is 129 Å². The fourth-order valence-electron chi connectivity index (χ4n) is 3.04. The van der Waals surface area contributed by atoms with Crippen molar-refractivity contribution in [2.45, 2.75) is 19.1 Å². The van der Waals surface area contributed by atoms with Gasteiger partial charge in [0.25, 0.3) is 0 Å². The maximum Gasteiger partial charge on any atom is 0.219 e. The second kappa shape index (κ2) is 6.44. The lowest BCUT2D eigenvalue weighted by Crippen LogP contribution is -2.58. The van der Waals surface area contributed by atoms with Crippen molar-refractivity contribution in [2.24, 2.45) is 0 Å². The van der Waals surface area contributed by atoms with Crippen LogP contribution in [0.3, 0.4) is 0 Å². The number of thiophene rings is 1. The standard InChI is InChI=1S/C15H22N2O3S/c1-13(18)17-5-6-19-12-15(11-17)10-16(4-7-20-15)9-14-3-2-8-21-14/h2-3,8H,4-7,9-12H2,1H3. The minimum Gasteiger partial charge on any atom is -0.376 e. The summed E-state index contributed by atoms with van der Waals surface area (Å²) in [6.07, 6.45) is 0. The molecule has 1 aromatic heterocycles. The van der Waals surface area contributed by atoms with Gasteiger partial charge in [0.05, 0.1) is 26.4 Å². The van der Waals surface area contributed by atoms with Crippen LogP contribution >= 0.6 is 11.3 Å². The largest absolute Gasteiger partial charge is 0.376 e. The van der Waals surface area contributed by atoms with Crippen molar-refractivity contribution in [1.82, 2.24) is 9.80 Å². The van der Waals surface area contributed by atoms with Crippen molar-refractivity contribution >= 4 is 17.2 Å². The lowest BCUT2D eigenvalue weighted by molar-refractivity contribution is -0.151. The van der Waals surface area contributed by atoms with Crippen molar-refractivity contribution in [1.29, 1.82) is 0 Å². The number of carbonyl (C=O) groups is 1. The highest BCUT2D eigenvalue weighted by atomic mass is 32.1. The molecular weight excluding hydrogens is 288 g/mol. The van der Waals surface area contributed by atoms with Gasteiger partial charge in [-0.05, 0) is 11.4 Å². The van der Waals surface area contributed by atoms with Gasteiger partial charge >= 0.3 is 0 Å². The minimum atomic E-state index is -0.377. The van der Waals surface area contributed by atoms with E-state index in [1.807, 2.05) is 4.90 Å². The van der Waals surface area contributed by atoms with Gasteiger partial charge in [-0.15, -0.1) is 11.3 Å². The van der Waals surface area contributed by atoms with E-state index < -0.39 is 0 Å². The Hall–Kier alpha value is -0.950. The molecule has 2 fully saturated rings. The van der Waals surface area contributed by atoms with Crippen LogP contribution in [0.2, 0.25) is 0 Å². The van der Waals surface area contributed by atoms with Crippen molar-refractivity contribution in [3.05, 3.63) is 22.4 Å². The third-order valence-corrected chi connectivity index (χ3v) is 4.94. The highest BCUT2D eigenvalue weighted by Crippen LogP contribution is 2.24. The molecule has 2 aliphatic heterocycles. The SMILES string of the molecule is CC(=O)N1CCOCC2(CN(Cc3cccs3)CCO2)C1. The monoisotopic (exact) mass is 310 g/mol. The number of nitrogens with zero attached hydrogens (tertiary/aromatic N) is 2. The van der Waals surface area contributed by atoms with Crippen molar-refractivity contribution in [3.63, 3.8) is 0 Å². The van der Waals surface area contributed by atoms with Crippen LogP contribution in [0, 0.1) is 0 Å². The molecule has 1 atom stereocenters. The lowest BCUT2D eigenvalue weighted by atomic mass is 10.0. The Kier molecular flexibility index (Phi) is 4.59. The number of rotatable bonds is 2. The van der Waals surface area contributed by atoms with Gasteiger partial charge in [0.2, 0.25) is 5.91 Å². The number of hydrogen-bond acceptors (Lipinski definition) is 5. The molecular formula is C15H22N2O3S. The van der Waals surface area contributed by atoms with Gasteiger partial charge in [-0.3, -0.25) is 9.69 Å². The Morgan fingerprint density at radius 2 is 2.29 bits per heavy atom. The summed E-state index contributed by atoms with van der Waals surface area (Å²) >= 11 is 1.78. The molecule has 0 aromatic carbocycles. The first kappa shape index (κ1) is 15.0. The molecule has 0 N–H and O–H groups in total. The van der Waals surface area contributed by atoms with Gasteiger partial charge in [-0.25, -0.2) is 0 Å². The van der Waals surface area contributed by atoms with Gasteiger partial charge in [-0.2, -0.15) is 0 Å². The zero-order valence-corrected chi connectivity index (χ0v) is 13.2. The third-order valence-electron chi connectivity index (χ3n) is 4.08. The summed E-state index contributed by atoms with van der Waals surface area (Å²) in [6, 6.07) is 4.25. The molecule has 6 heteroatoms. The van der Waals surface area contributed by atoms with Crippen LogP contribution in [0.5, 0.6) is 0 Å². The van der Waals surface area contributed by atoms with Gasteiger partial charge in [0, 0.05) is 38.0 Å². The van der Waals surface area contributed by atoms with Gasteiger partial charge in [0.1, 0.15) is 5.60 Å². The predicted molar refractivity (Wildman–Crippen MR) is 81.4 cm³/mol. The molecule has 5 nitrogen and oxygen atoms in total. The van der Waals surface area contributed by atoms with E-state index in [1.54, 1.807) is 18.3 Å². The lowest BCUT2D eigenvalue weighted by Gasteiger charge is -2.43. The highest BCUT2D eigenvalue weighted by Gasteiger charge is 2.40. The molecule has 1 spiro atoms. The van der Waals surface area contributed by atoms with E-state index in [-0.39, 0.29) is 11.5 Å². The smallest absolute Gasteiger partial charge is 0.219 e. The maximum atomic E-state index is 11.7. The van der Waals surface area contributed by atoms with E-state index in [9.17, 15) is 4.79 Å². The van der Waals surface area contributed by atoms with E-state index in [2.05, 4.69) is 22.4 Å². The second-order valence-corrected chi connectivity index (χ2v) is 6.85. The molecule has 0 radical (unpaired) electrons. The first-order chi connectivity index (χ1) is 10.2. The van der Waals surface area contributed by atoms with Crippen LogP contribution in [0.1, 0.15) is 11.8 Å². The van der Waals surface area contributed by atoms with Gasteiger partial charge in [0.15, 0.2) is 0 Å². The van der Waals surface area contributed by atoms with Crippen molar-refractivity contribution in [2.75, 3.05) is 46.0 Å².